The minimum Gasteiger partial charge on any atom is -0.490 e. The molecule has 0 atom stereocenters. The lowest BCUT2D eigenvalue weighted by atomic mass is 10.1. The van der Waals surface area contributed by atoms with Gasteiger partial charge in [0.2, 0.25) is 10.0 Å². The number of nitro benzene ring substituents is 1. The summed E-state index contributed by atoms with van der Waals surface area (Å²) in [7, 11) is -2.50. The van der Waals surface area contributed by atoms with Crippen molar-refractivity contribution in [3.8, 4) is 5.75 Å². The molecule has 1 aliphatic heterocycles. The van der Waals surface area contributed by atoms with Crippen LogP contribution in [0.25, 0.3) is 0 Å². The van der Waals surface area contributed by atoms with Gasteiger partial charge < -0.3 is 15.2 Å². The molecule has 0 bridgehead atoms. The number of piperidine rings is 1. The SMILES string of the molecule is COc1ccc(S(=O)(=O)N2CCC(OCCCN)CC2)cc1[N+](=O)[O-]. The van der Waals surface area contributed by atoms with E-state index < -0.39 is 14.9 Å². The lowest BCUT2D eigenvalue weighted by molar-refractivity contribution is -0.386. The van der Waals surface area contributed by atoms with Crippen molar-refractivity contribution in [2.75, 3.05) is 33.4 Å². The molecule has 1 aromatic carbocycles. The van der Waals surface area contributed by atoms with E-state index in [-0.39, 0.29) is 22.4 Å². The summed E-state index contributed by atoms with van der Waals surface area (Å²) in [6, 6.07) is 3.66. The molecule has 0 amide bonds. The summed E-state index contributed by atoms with van der Waals surface area (Å²) in [5, 5.41) is 11.1. The Hall–Kier alpha value is -1.75. The van der Waals surface area contributed by atoms with Crippen LogP contribution < -0.4 is 10.5 Å². The van der Waals surface area contributed by atoms with Crippen molar-refractivity contribution < 1.29 is 22.8 Å². The van der Waals surface area contributed by atoms with E-state index in [4.69, 9.17) is 15.2 Å². The maximum atomic E-state index is 12.7. The smallest absolute Gasteiger partial charge is 0.312 e. The van der Waals surface area contributed by atoms with E-state index in [2.05, 4.69) is 0 Å². The molecule has 1 aliphatic rings. The lowest BCUT2D eigenvalue weighted by Gasteiger charge is -2.31. The van der Waals surface area contributed by atoms with Crippen molar-refractivity contribution in [1.29, 1.82) is 0 Å². The largest absolute Gasteiger partial charge is 0.490 e. The van der Waals surface area contributed by atoms with Gasteiger partial charge in [0.05, 0.1) is 23.0 Å². The number of nitrogens with zero attached hydrogens (tertiary/aromatic N) is 2. The molecule has 25 heavy (non-hydrogen) atoms. The molecule has 0 radical (unpaired) electrons. The molecule has 0 aliphatic carbocycles. The predicted molar refractivity (Wildman–Crippen MR) is 91.1 cm³/mol. The first kappa shape index (κ1) is 19.6. The van der Waals surface area contributed by atoms with E-state index in [0.717, 1.165) is 12.5 Å². The topological polar surface area (TPSA) is 125 Å². The summed E-state index contributed by atoms with van der Waals surface area (Å²) in [5.41, 5.74) is 5.05. The van der Waals surface area contributed by atoms with Crippen molar-refractivity contribution in [1.82, 2.24) is 4.31 Å². The fraction of sp³-hybridized carbons (Fsp3) is 0.600. The lowest BCUT2D eigenvalue weighted by Crippen LogP contribution is -2.41. The number of nitrogens with two attached hydrogens (primary N) is 1. The first-order valence-electron chi connectivity index (χ1n) is 8.04. The molecule has 2 rings (SSSR count). The number of hydrogen-bond acceptors (Lipinski definition) is 7. The zero-order valence-electron chi connectivity index (χ0n) is 14.1. The van der Waals surface area contributed by atoms with Crippen LogP contribution in [0.15, 0.2) is 23.1 Å². The minimum absolute atomic E-state index is 0.0169. The van der Waals surface area contributed by atoms with Crippen molar-refractivity contribution in [3.63, 3.8) is 0 Å². The van der Waals surface area contributed by atoms with E-state index in [1.165, 1.54) is 23.5 Å². The fourth-order valence-corrected chi connectivity index (χ4v) is 4.18. The van der Waals surface area contributed by atoms with Gasteiger partial charge in [-0.1, -0.05) is 0 Å². The van der Waals surface area contributed by atoms with Crippen LogP contribution in [-0.4, -0.2) is 57.1 Å². The van der Waals surface area contributed by atoms with E-state index in [1.54, 1.807) is 0 Å². The Labute approximate surface area is 146 Å². The number of sulfonamides is 1. The van der Waals surface area contributed by atoms with Gasteiger partial charge in [0.1, 0.15) is 0 Å². The van der Waals surface area contributed by atoms with Gasteiger partial charge in [-0.05, 0) is 37.9 Å². The molecule has 0 spiro atoms. The van der Waals surface area contributed by atoms with Crippen molar-refractivity contribution in [3.05, 3.63) is 28.3 Å². The van der Waals surface area contributed by atoms with Gasteiger partial charge in [-0.3, -0.25) is 10.1 Å². The van der Waals surface area contributed by atoms with Crippen LogP contribution in [0.5, 0.6) is 5.75 Å². The fourth-order valence-electron chi connectivity index (χ4n) is 2.69. The van der Waals surface area contributed by atoms with Crippen LogP contribution in [0.4, 0.5) is 5.69 Å². The Morgan fingerprint density at radius 2 is 2.04 bits per heavy atom. The molecule has 1 aromatic rings. The molecule has 1 heterocycles. The van der Waals surface area contributed by atoms with Gasteiger partial charge >= 0.3 is 5.69 Å². The highest BCUT2D eigenvalue weighted by atomic mass is 32.2. The number of nitro groups is 1. The first-order chi connectivity index (χ1) is 11.9. The van der Waals surface area contributed by atoms with E-state index in [1.807, 2.05) is 0 Å². The third-order valence-electron chi connectivity index (χ3n) is 4.09. The Bertz CT molecular complexity index is 701. The van der Waals surface area contributed by atoms with Gasteiger partial charge in [0, 0.05) is 25.8 Å². The molecule has 9 nitrogen and oxygen atoms in total. The quantitative estimate of drug-likeness (QED) is 0.411. The Morgan fingerprint density at radius 3 is 2.60 bits per heavy atom. The predicted octanol–water partition coefficient (Wildman–Crippen LogP) is 1.12. The standard InChI is InChI=1S/C15H23N3O6S/c1-23-15-4-3-13(11-14(15)18(19)20)25(21,22)17-8-5-12(6-9-17)24-10-2-7-16/h3-4,11-12H,2,5-10,16H2,1H3. The second kappa shape index (κ2) is 8.56. The molecular weight excluding hydrogens is 350 g/mol. The van der Waals surface area contributed by atoms with Crippen LogP contribution in [0.3, 0.4) is 0 Å². The molecule has 10 heteroatoms. The summed E-state index contributed by atoms with van der Waals surface area (Å²) in [6.07, 6.45) is 1.96. The summed E-state index contributed by atoms with van der Waals surface area (Å²) in [6.45, 7) is 1.76. The number of rotatable bonds is 8. The van der Waals surface area contributed by atoms with Crippen molar-refractivity contribution in [2.45, 2.75) is 30.3 Å². The monoisotopic (exact) mass is 373 g/mol. The Balaban J connectivity index is 2.10. The number of benzene rings is 1. The highest BCUT2D eigenvalue weighted by Crippen LogP contribution is 2.31. The maximum absolute atomic E-state index is 12.7. The van der Waals surface area contributed by atoms with Gasteiger partial charge in [0.15, 0.2) is 5.75 Å². The summed E-state index contributed by atoms with van der Waals surface area (Å²) in [4.78, 5) is 10.3. The number of hydrogen-bond donors (Lipinski definition) is 1. The molecule has 0 aromatic heterocycles. The van der Waals surface area contributed by atoms with Crippen LogP contribution >= 0.6 is 0 Å². The molecule has 140 valence electrons. The van der Waals surface area contributed by atoms with Crippen LogP contribution in [-0.2, 0) is 14.8 Å². The zero-order chi connectivity index (χ0) is 18.4. The summed E-state index contributed by atoms with van der Waals surface area (Å²) < 4.78 is 37.4. The second-order valence-corrected chi connectivity index (χ2v) is 7.65. The average Bonchev–Trinajstić information content (AvgIpc) is 2.61. The zero-order valence-corrected chi connectivity index (χ0v) is 14.9. The normalized spacial score (nSPS) is 16.7. The van der Waals surface area contributed by atoms with Crippen LogP contribution in [0.2, 0.25) is 0 Å². The van der Waals surface area contributed by atoms with E-state index >= 15 is 0 Å². The maximum Gasteiger partial charge on any atom is 0.312 e. The van der Waals surface area contributed by atoms with Gasteiger partial charge in [-0.15, -0.1) is 0 Å². The first-order valence-corrected chi connectivity index (χ1v) is 9.48. The highest BCUT2D eigenvalue weighted by molar-refractivity contribution is 7.89. The third kappa shape index (κ3) is 4.66. The van der Waals surface area contributed by atoms with Crippen LogP contribution in [0, 0.1) is 10.1 Å². The molecule has 0 saturated carbocycles. The average molecular weight is 373 g/mol. The van der Waals surface area contributed by atoms with E-state index in [0.29, 0.717) is 39.1 Å². The van der Waals surface area contributed by atoms with Crippen molar-refractivity contribution >= 4 is 15.7 Å². The molecule has 0 unspecified atom stereocenters. The van der Waals surface area contributed by atoms with Gasteiger partial charge in [-0.2, -0.15) is 4.31 Å². The van der Waals surface area contributed by atoms with Gasteiger partial charge in [0.25, 0.3) is 0 Å². The second-order valence-electron chi connectivity index (χ2n) is 5.71. The molecule has 2 N–H and O–H groups in total. The van der Waals surface area contributed by atoms with Gasteiger partial charge in [-0.25, -0.2) is 8.42 Å². The third-order valence-corrected chi connectivity index (χ3v) is 5.98. The molecular formula is C15H23N3O6S. The van der Waals surface area contributed by atoms with E-state index in [9.17, 15) is 18.5 Å². The molecule has 1 saturated heterocycles. The summed E-state index contributed by atoms with van der Waals surface area (Å²) >= 11 is 0. The Kier molecular flexibility index (Phi) is 6.71. The highest BCUT2D eigenvalue weighted by Gasteiger charge is 2.31. The molecule has 1 fully saturated rings. The van der Waals surface area contributed by atoms with Crippen molar-refractivity contribution in [2.24, 2.45) is 5.73 Å². The summed E-state index contributed by atoms with van der Waals surface area (Å²) in [5.74, 6) is 0.0240. The van der Waals surface area contributed by atoms with Crippen LogP contribution in [0.1, 0.15) is 19.3 Å². The minimum atomic E-state index is -3.79. The number of ether oxygens (including phenoxy) is 2. The Morgan fingerprint density at radius 1 is 1.36 bits per heavy atom. The number of methoxy groups -OCH3 is 1.